The second kappa shape index (κ2) is 10.1. The van der Waals surface area contributed by atoms with Crippen LogP contribution >= 0.6 is 0 Å². The Balaban J connectivity index is 1.22. The minimum absolute atomic E-state index is 0.0226. The molecule has 0 aliphatic carbocycles. The van der Waals surface area contributed by atoms with Gasteiger partial charge in [-0.25, -0.2) is 4.39 Å². The fourth-order valence-electron chi connectivity index (χ4n) is 3.72. The number of aromatic nitrogens is 1. The lowest BCUT2D eigenvalue weighted by molar-refractivity contribution is -0.605. The van der Waals surface area contributed by atoms with E-state index in [9.17, 15) is 14.4 Å². The fraction of sp³-hybridized carbons (Fsp3) is 0.280. The summed E-state index contributed by atoms with van der Waals surface area (Å²) in [5.41, 5.74) is 1.48. The van der Waals surface area contributed by atoms with Gasteiger partial charge in [0.05, 0.1) is 6.42 Å². The summed E-state index contributed by atoms with van der Waals surface area (Å²) in [7, 11) is 0. The first-order valence-electron chi connectivity index (χ1n) is 10.6. The van der Waals surface area contributed by atoms with Crippen molar-refractivity contribution in [3.05, 3.63) is 95.2 Å². The molecule has 32 heavy (non-hydrogen) atoms. The van der Waals surface area contributed by atoms with Gasteiger partial charge in [0.2, 0.25) is 5.91 Å². The van der Waals surface area contributed by atoms with E-state index in [0.717, 1.165) is 24.2 Å². The van der Waals surface area contributed by atoms with Gasteiger partial charge >= 0.3 is 0 Å². The van der Waals surface area contributed by atoms with Gasteiger partial charge in [-0.3, -0.25) is 4.79 Å². The Morgan fingerprint density at radius 2 is 1.75 bits per heavy atom. The molecule has 1 aromatic heterocycles. The summed E-state index contributed by atoms with van der Waals surface area (Å²) in [4.78, 5) is 14.3. The van der Waals surface area contributed by atoms with E-state index in [2.05, 4.69) is 0 Å². The van der Waals surface area contributed by atoms with Gasteiger partial charge in [-0.15, -0.1) is 0 Å². The third kappa shape index (κ3) is 5.97. The van der Waals surface area contributed by atoms with Gasteiger partial charge in [-0.1, -0.05) is 12.1 Å². The lowest BCUT2D eigenvalue weighted by atomic mass is 10.1. The summed E-state index contributed by atoms with van der Waals surface area (Å²) in [5.74, 6) is 1.17. The molecule has 0 bridgehead atoms. The van der Waals surface area contributed by atoms with Crippen molar-refractivity contribution in [1.29, 1.82) is 0 Å². The van der Waals surface area contributed by atoms with Gasteiger partial charge in [0, 0.05) is 37.6 Å². The Morgan fingerprint density at radius 3 is 2.47 bits per heavy atom. The van der Waals surface area contributed by atoms with E-state index >= 15 is 0 Å². The number of hydrogen-bond donors (Lipinski definition) is 0. The van der Waals surface area contributed by atoms with Crippen molar-refractivity contribution in [3.63, 3.8) is 0 Å². The zero-order valence-corrected chi connectivity index (χ0v) is 17.7. The number of piperidine rings is 1. The minimum atomic E-state index is -0.279. The molecule has 0 N–H and O–H groups in total. The standard InChI is InChI=1S/C25H25FN2O4/c26-21-5-1-3-20(15-21)18-31-22-6-8-23(9-7-22)32-24-10-13-27(14-11-24)25(29)16-19-4-2-12-28(30)17-19/h1-9,12,15,17,24H,10-11,13-14,16,18H2. The summed E-state index contributed by atoms with van der Waals surface area (Å²) in [6.45, 7) is 1.55. The highest BCUT2D eigenvalue weighted by atomic mass is 19.1. The van der Waals surface area contributed by atoms with E-state index < -0.39 is 0 Å². The molecule has 166 valence electrons. The maximum absolute atomic E-state index is 13.2. The van der Waals surface area contributed by atoms with Crippen molar-refractivity contribution in [2.24, 2.45) is 0 Å². The number of hydrogen-bond acceptors (Lipinski definition) is 4. The van der Waals surface area contributed by atoms with Crippen LogP contribution in [-0.4, -0.2) is 30.0 Å². The molecule has 0 spiro atoms. The van der Waals surface area contributed by atoms with E-state index in [1.165, 1.54) is 24.5 Å². The molecular formula is C25H25FN2O4. The van der Waals surface area contributed by atoms with Gasteiger partial charge in [0.25, 0.3) is 0 Å². The second-order valence-corrected chi connectivity index (χ2v) is 7.84. The van der Waals surface area contributed by atoms with Crippen LogP contribution in [0.4, 0.5) is 4.39 Å². The normalized spacial score (nSPS) is 14.2. The molecule has 1 aliphatic heterocycles. The van der Waals surface area contributed by atoms with Crippen LogP contribution < -0.4 is 14.2 Å². The van der Waals surface area contributed by atoms with E-state index in [1.807, 2.05) is 35.2 Å². The van der Waals surface area contributed by atoms with E-state index in [0.29, 0.717) is 35.7 Å². The predicted octanol–water partition coefficient (Wildman–Crippen LogP) is 3.65. The topological polar surface area (TPSA) is 65.7 Å². The monoisotopic (exact) mass is 436 g/mol. The summed E-state index contributed by atoms with van der Waals surface area (Å²) >= 11 is 0. The number of pyridine rings is 1. The van der Waals surface area contributed by atoms with Crippen LogP contribution in [0.5, 0.6) is 11.5 Å². The molecule has 1 amide bonds. The van der Waals surface area contributed by atoms with Gasteiger partial charge in [-0.2, -0.15) is 4.73 Å². The third-order valence-corrected chi connectivity index (χ3v) is 5.41. The maximum Gasteiger partial charge on any atom is 0.227 e. The summed E-state index contributed by atoms with van der Waals surface area (Å²) in [6.07, 6.45) is 4.60. The number of halogens is 1. The Kier molecular flexibility index (Phi) is 6.84. The van der Waals surface area contributed by atoms with Crippen molar-refractivity contribution in [3.8, 4) is 11.5 Å². The number of rotatable bonds is 7. The third-order valence-electron chi connectivity index (χ3n) is 5.41. The number of carbonyl (C=O) groups is 1. The molecule has 0 radical (unpaired) electrons. The first-order valence-corrected chi connectivity index (χ1v) is 10.6. The average Bonchev–Trinajstić information content (AvgIpc) is 2.79. The zero-order valence-electron chi connectivity index (χ0n) is 17.7. The SMILES string of the molecule is O=C(Cc1ccc[n+]([O-])c1)N1CCC(Oc2ccc(OCc3cccc(F)c3)cc2)CC1. The van der Waals surface area contributed by atoms with Crippen LogP contribution in [0.25, 0.3) is 0 Å². The van der Waals surface area contributed by atoms with Crippen molar-refractivity contribution in [1.82, 2.24) is 4.90 Å². The molecule has 0 unspecified atom stereocenters. The van der Waals surface area contributed by atoms with Gasteiger partial charge in [-0.05, 0) is 48.0 Å². The van der Waals surface area contributed by atoms with Crippen LogP contribution in [0.2, 0.25) is 0 Å². The molecule has 7 heteroatoms. The quantitative estimate of drug-likeness (QED) is 0.419. The molecule has 2 heterocycles. The Hall–Kier alpha value is -3.61. The van der Waals surface area contributed by atoms with Gasteiger partial charge in [0.15, 0.2) is 12.4 Å². The molecule has 3 aromatic rings. The van der Waals surface area contributed by atoms with E-state index in [-0.39, 0.29) is 24.2 Å². The number of nitrogens with zero attached hydrogens (tertiary/aromatic N) is 2. The van der Waals surface area contributed by atoms with Gasteiger partial charge in [0.1, 0.15) is 30.0 Å². The number of carbonyl (C=O) groups excluding carboxylic acids is 1. The average molecular weight is 436 g/mol. The Labute approximate surface area is 186 Å². The highest BCUT2D eigenvalue weighted by Crippen LogP contribution is 2.23. The maximum atomic E-state index is 13.2. The first kappa shape index (κ1) is 21.6. The molecule has 1 fully saturated rings. The summed E-state index contributed by atoms with van der Waals surface area (Å²) in [5, 5.41) is 11.4. The minimum Gasteiger partial charge on any atom is -0.619 e. The molecule has 1 aliphatic rings. The van der Waals surface area contributed by atoms with E-state index in [4.69, 9.17) is 9.47 Å². The van der Waals surface area contributed by atoms with Crippen LogP contribution in [0, 0.1) is 11.0 Å². The van der Waals surface area contributed by atoms with Crippen LogP contribution in [0.1, 0.15) is 24.0 Å². The molecule has 6 nitrogen and oxygen atoms in total. The lowest BCUT2D eigenvalue weighted by Gasteiger charge is -2.32. The van der Waals surface area contributed by atoms with Gasteiger partial charge < -0.3 is 19.6 Å². The molecule has 0 atom stereocenters. The number of amides is 1. The van der Waals surface area contributed by atoms with Crippen molar-refractivity contribution >= 4 is 5.91 Å². The van der Waals surface area contributed by atoms with E-state index in [1.54, 1.807) is 18.2 Å². The molecule has 0 saturated carbocycles. The first-order chi connectivity index (χ1) is 15.5. The zero-order chi connectivity index (χ0) is 22.3. The van der Waals surface area contributed by atoms with Crippen molar-refractivity contribution < 1.29 is 23.4 Å². The summed E-state index contributed by atoms with van der Waals surface area (Å²) < 4.78 is 25.7. The predicted molar refractivity (Wildman–Crippen MR) is 117 cm³/mol. The smallest absolute Gasteiger partial charge is 0.227 e. The molecule has 2 aromatic carbocycles. The van der Waals surface area contributed by atoms with Crippen LogP contribution in [0.3, 0.4) is 0 Å². The van der Waals surface area contributed by atoms with Crippen molar-refractivity contribution in [2.45, 2.75) is 32.0 Å². The molecule has 4 rings (SSSR count). The number of ether oxygens (including phenoxy) is 2. The Bertz CT molecular complexity index is 1050. The molecule has 1 saturated heterocycles. The number of benzene rings is 2. The largest absolute Gasteiger partial charge is 0.619 e. The highest BCUT2D eigenvalue weighted by Gasteiger charge is 2.24. The fourth-order valence-corrected chi connectivity index (χ4v) is 3.72. The highest BCUT2D eigenvalue weighted by molar-refractivity contribution is 5.78. The van der Waals surface area contributed by atoms with Crippen LogP contribution in [0.15, 0.2) is 73.1 Å². The van der Waals surface area contributed by atoms with Crippen LogP contribution in [-0.2, 0) is 17.8 Å². The van der Waals surface area contributed by atoms with Crippen molar-refractivity contribution in [2.75, 3.05) is 13.1 Å². The molecular weight excluding hydrogens is 411 g/mol. The second-order valence-electron chi connectivity index (χ2n) is 7.84. The Morgan fingerprint density at radius 1 is 1.03 bits per heavy atom. The lowest BCUT2D eigenvalue weighted by Crippen LogP contribution is -2.42. The number of likely N-dealkylation sites (tertiary alicyclic amines) is 1. The summed E-state index contributed by atoms with van der Waals surface area (Å²) in [6, 6.07) is 17.1.